The fraction of sp³-hybridized carbons (Fsp3) is 0.700. The van der Waals surface area contributed by atoms with Gasteiger partial charge in [-0.25, -0.2) is 0 Å². The second-order valence-corrected chi connectivity index (χ2v) is 2.75. The smallest absolute Gasteiger partial charge is 0.309 e. The van der Waals surface area contributed by atoms with E-state index in [2.05, 4.69) is 11.7 Å². The Balaban J connectivity index is 3.19. The average Bonchev–Trinajstić information content (AvgIpc) is 2.10. The van der Waals surface area contributed by atoms with Crippen LogP contribution in [0.2, 0.25) is 0 Å². The van der Waals surface area contributed by atoms with Crippen LogP contribution in [0.5, 0.6) is 0 Å². The molecule has 0 radical (unpaired) electrons. The highest BCUT2D eigenvalue weighted by Crippen LogP contribution is 2.00. The lowest BCUT2D eigenvalue weighted by Gasteiger charge is -1.93. The van der Waals surface area contributed by atoms with Crippen molar-refractivity contribution in [3.63, 3.8) is 0 Å². The van der Waals surface area contributed by atoms with Gasteiger partial charge in [-0.15, -0.1) is 0 Å². The first-order chi connectivity index (χ1) is 5.81. The van der Waals surface area contributed by atoms with Crippen molar-refractivity contribution in [3.8, 4) is 0 Å². The lowest BCUT2D eigenvalue weighted by molar-refractivity contribution is -0.139. The minimum atomic E-state index is -0.165. The molecule has 0 aromatic carbocycles. The van der Waals surface area contributed by atoms with Crippen molar-refractivity contribution in [1.29, 1.82) is 0 Å². The normalized spacial score (nSPS) is 10.5. The summed E-state index contributed by atoms with van der Waals surface area (Å²) in [5.41, 5.74) is 0. The summed E-state index contributed by atoms with van der Waals surface area (Å²) in [6, 6.07) is 0. The van der Waals surface area contributed by atoms with Crippen LogP contribution in [0.3, 0.4) is 0 Å². The van der Waals surface area contributed by atoms with Crippen molar-refractivity contribution in [3.05, 3.63) is 12.2 Å². The molecule has 0 aromatic heterocycles. The summed E-state index contributed by atoms with van der Waals surface area (Å²) in [6.07, 6.45) is 9.13. The quantitative estimate of drug-likeness (QED) is 0.348. The molecule has 0 unspecified atom stereocenters. The molecule has 0 saturated heterocycles. The Bertz CT molecular complexity index is 139. The van der Waals surface area contributed by atoms with Crippen LogP contribution in [0, 0.1) is 0 Å². The second-order valence-electron chi connectivity index (χ2n) is 2.75. The monoisotopic (exact) mass is 170 g/mol. The van der Waals surface area contributed by atoms with E-state index in [1.165, 1.54) is 26.4 Å². The highest BCUT2D eigenvalue weighted by molar-refractivity contribution is 5.70. The number of hydrogen-bond donors (Lipinski definition) is 0. The van der Waals surface area contributed by atoms with Crippen LogP contribution in [0.4, 0.5) is 0 Å². The Kier molecular flexibility index (Phi) is 7.76. The van der Waals surface area contributed by atoms with Gasteiger partial charge in [0.2, 0.25) is 0 Å². The molecule has 0 saturated carbocycles. The number of methoxy groups -OCH3 is 1. The molecular formula is C10H18O2. The average molecular weight is 170 g/mol. The van der Waals surface area contributed by atoms with Crippen LogP contribution in [-0.2, 0) is 9.53 Å². The Morgan fingerprint density at radius 1 is 1.33 bits per heavy atom. The van der Waals surface area contributed by atoms with Crippen LogP contribution in [0.25, 0.3) is 0 Å². The van der Waals surface area contributed by atoms with Gasteiger partial charge in [-0.1, -0.05) is 31.9 Å². The maximum absolute atomic E-state index is 10.6. The molecule has 0 atom stereocenters. The largest absolute Gasteiger partial charge is 0.469 e. The first-order valence-corrected chi connectivity index (χ1v) is 4.53. The molecule has 0 aliphatic rings. The molecule has 0 N–H and O–H groups in total. The third-order valence-corrected chi connectivity index (χ3v) is 1.65. The van der Waals surface area contributed by atoms with Gasteiger partial charge < -0.3 is 4.74 Å². The van der Waals surface area contributed by atoms with Gasteiger partial charge in [0.25, 0.3) is 0 Å². The van der Waals surface area contributed by atoms with Gasteiger partial charge in [0, 0.05) is 0 Å². The van der Waals surface area contributed by atoms with Crippen LogP contribution >= 0.6 is 0 Å². The lowest BCUT2D eigenvalue weighted by atomic mass is 10.2. The zero-order chi connectivity index (χ0) is 9.23. The lowest BCUT2D eigenvalue weighted by Crippen LogP contribution is -1.96. The van der Waals surface area contributed by atoms with Gasteiger partial charge in [0.1, 0.15) is 0 Å². The van der Waals surface area contributed by atoms with Crippen molar-refractivity contribution in [2.75, 3.05) is 7.11 Å². The minimum Gasteiger partial charge on any atom is -0.469 e. The zero-order valence-electron chi connectivity index (χ0n) is 8.01. The highest BCUT2D eigenvalue weighted by atomic mass is 16.5. The molecule has 12 heavy (non-hydrogen) atoms. The van der Waals surface area contributed by atoms with Crippen molar-refractivity contribution in [1.82, 2.24) is 0 Å². The summed E-state index contributed by atoms with van der Waals surface area (Å²) in [4.78, 5) is 10.6. The minimum absolute atomic E-state index is 0.165. The standard InChI is InChI=1S/C10H18O2/c1-3-4-5-6-7-8-9-10(11)12-2/h7-8H,3-6,9H2,1-2H3/b8-7-. The van der Waals surface area contributed by atoms with E-state index in [-0.39, 0.29) is 5.97 Å². The maximum Gasteiger partial charge on any atom is 0.309 e. The number of hydrogen-bond acceptors (Lipinski definition) is 2. The van der Waals surface area contributed by atoms with Crippen molar-refractivity contribution in [2.24, 2.45) is 0 Å². The van der Waals surface area contributed by atoms with E-state index in [1.54, 1.807) is 0 Å². The molecule has 0 rings (SSSR count). The van der Waals surface area contributed by atoms with E-state index in [0.717, 1.165) is 6.42 Å². The van der Waals surface area contributed by atoms with E-state index in [4.69, 9.17) is 0 Å². The third-order valence-electron chi connectivity index (χ3n) is 1.65. The van der Waals surface area contributed by atoms with E-state index in [9.17, 15) is 4.79 Å². The Morgan fingerprint density at radius 3 is 2.67 bits per heavy atom. The Labute approximate surface area is 74.6 Å². The fourth-order valence-corrected chi connectivity index (χ4v) is 0.893. The predicted molar refractivity (Wildman–Crippen MR) is 49.9 cm³/mol. The molecule has 0 heterocycles. The summed E-state index contributed by atoms with van der Waals surface area (Å²) >= 11 is 0. The van der Waals surface area contributed by atoms with E-state index in [1.807, 2.05) is 12.2 Å². The first kappa shape index (κ1) is 11.2. The molecule has 0 aliphatic carbocycles. The molecule has 0 fully saturated rings. The van der Waals surface area contributed by atoms with E-state index < -0.39 is 0 Å². The SMILES string of the molecule is CCCCC/C=C\CC(=O)OC. The second kappa shape index (κ2) is 8.31. The Morgan fingerprint density at radius 2 is 2.08 bits per heavy atom. The van der Waals surface area contributed by atoms with Crippen molar-refractivity contribution < 1.29 is 9.53 Å². The van der Waals surface area contributed by atoms with Crippen LogP contribution < -0.4 is 0 Å². The van der Waals surface area contributed by atoms with Crippen molar-refractivity contribution in [2.45, 2.75) is 39.0 Å². The van der Waals surface area contributed by atoms with Gasteiger partial charge in [0.15, 0.2) is 0 Å². The van der Waals surface area contributed by atoms with Gasteiger partial charge >= 0.3 is 5.97 Å². The van der Waals surface area contributed by atoms with Crippen LogP contribution in [0.15, 0.2) is 12.2 Å². The molecule has 0 amide bonds. The first-order valence-electron chi connectivity index (χ1n) is 4.53. The summed E-state index contributed by atoms with van der Waals surface area (Å²) in [5, 5.41) is 0. The molecule has 2 nitrogen and oxygen atoms in total. The predicted octanol–water partition coefficient (Wildman–Crippen LogP) is 2.69. The van der Waals surface area contributed by atoms with Gasteiger partial charge in [-0.3, -0.25) is 4.79 Å². The number of carbonyl (C=O) groups excluding carboxylic acids is 1. The molecule has 0 bridgehead atoms. The highest BCUT2D eigenvalue weighted by Gasteiger charge is 1.92. The number of ether oxygens (including phenoxy) is 1. The number of carbonyl (C=O) groups is 1. The van der Waals surface area contributed by atoms with Crippen LogP contribution in [0.1, 0.15) is 39.0 Å². The molecule has 70 valence electrons. The fourth-order valence-electron chi connectivity index (χ4n) is 0.893. The van der Waals surface area contributed by atoms with Gasteiger partial charge in [-0.05, 0) is 12.8 Å². The van der Waals surface area contributed by atoms with Crippen LogP contribution in [-0.4, -0.2) is 13.1 Å². The molecule has 0 aliphatic heterocycles. The summed E-state index contributed by atoms with van der Waals surface area (Å²) < 4.78 is 4.49. The summed E-state index contributed by atoms with van der Waals surface area (Å²) in [5.74, 6) is -0.165. The topological polar surface area (TPSA) is 26.3 Å². The third kappa shape index (κ3) is 7.32. The van der Waals surface area contributed by atoms with E-state index >= 15 is 0 Å². The zero-order valence-corrected chi connectivity index (χ0v) is 8.01. The summed E-state index contributed by atoms with van der Waals surface area (Å²) in [7, 11) is 1.41. The molecular weight excluding hydrogens is 152 g/mol. The van der Waals surface area contributed by atoms with Crippen molar-refractivity contribution >= 4 is 5.97 Å². The number of allylic oxidation sites excluding steroid dienone is 1. The Hall–Kier alpha value is -0.790. The number of esters is 1. The molecule has 0 aromatic rings. The van der Waals surface area contributed by atoms with E-state index in [0.29, 0.717) is 6.42 Å². The number of unbranched alkanes of at least 4 members (excludes halogenated alkanes) is 3. The molecule has 0 spiro atoms. The van der Waals surface area contributed by atoms with Gasteiger partial charge in [-0.2, -0.15) is 0 Å². The van der Waals surface area contributed by atoms with Gasteiger partial charge in [0.05, 0.1) is 13.5 Å². The summed E-state index contributed by atoms with van der Waals surface area (Å²) in [6.45, 7) is 2.18. The maximum atomic E-state index is 10.6. The number of rotatable bonds is 6. The molecule has 2 heteroatoms.